The fourth-order valence-corrected chi connectivity index (χ4v) is 4.58. The van der Waals surface area contributed by atoms with Crippen LogP contribution in [0.2, 0.25) is 0 Å². The summed E-state index contributed by atoms with van der Waals surface area (Å²) >= 11 is 0. The maximum Gasteiger partial charge on any atom is 0.257 e. The number of benzene rings is 2. The third-order valence-corrected chi connectivity index (χ3v) is 6.37. The van der Waals surface area contributed by atoms with Gasteiger partial charge >= 0.3 is 0 Å². The van der Waals surface area contributed by atoms with E-state index in [4.69, 9.17) is 4.98 Å². The molecule has 0 aliphatic carbocycles. The van der Waals surface area contributed by atoms with Gasteiger partial charge in [0.05, 0.1) is 17.5 Å². The first-order valence-corrected chi connectivity index (χ1v) is 11.0. The molecule has 0 saturated carbocycles. The van der Waals surface area contributed by atoms with Crippen molar-refractivity contribution in [2.45, 2.75) is 19.9 Å². The summed E-state index contributed by atoms with van der Waals surface area (Å²) in [6.45, 7) is 4.19. The van der Waals surface area contributed by atoms with Crippen molar-refractivity contribution >= 4 is 17.1 Å². The summed E-state index contributed by atoms with van der Waals surface area (Å²) in [6, 6.07) is 9.50. The van der Waals surface area contributed by atoms with E-state index in [2.05, 4.69) is 41.0 Å². The largest absolute Gasteiger partial charge is 0.507 e. The summed E-state index contributed by atoms with van der Waals surface area (Å²) in [7, 11) is 5.47. The van der Waals surface area contributed by atoms with E-state index in [9.17, 15) is 9.90 Å². The van der Waals surface area contributed by atoms with Crippen LogP contribution in [0, 0.1) is 6.92 Å². The predicted octanol–water partition coefficient (Wildman–Crippen LogP) is 4.00. The highest BCUT2D eigenvalue weighted by atomic mass is 16.3. The SMILES string of the molecule is Cc1cc(-c2cnc3[nH]cc(-c4ccc(C(=O)N(C)C)c(O)c4)c3n2)cc2c1CCN(C)C2. The molecule has 7 nitrogen and oxygen atoms in total. The number of fused-ring (bicyclic) bond motifs is 2. The third kappa shape index (κ3) is 3.74. The normalized spacial score (nSPS) is 13.8. The van der Waals surface area contributed by atoms with E-state index in [1.165, 1.54) is 21.6 Å². The average Bonchev–Trinajstić information content (AvgIpc) is 3.21. The molecule has 0 saturated heterocycles. The molecule has 1 amide bonds. The van der Waals surface area contributed by atoms with Crippen LogP contribution in [0.25, 0.3) is 33.5 Å². The van der Waals surface area contributed by atoms with E-state index < -0.39 is 0 Å². The van der Waals surface area contributed by atoms with Crippen molar-refractivity contribution in [2.24, 2.45) is 0 Å². The van der Waals surface area contributed by atoms with Crippen LogP contribution >= 0.6 is 0 Å². The molecule has 168 valence electrons. The minimum Gasteiger partial charge on any atom is -0.507 e. The van der Waals surface area contributed by atoms with Gasteiger partial charge in [0.15, 0.2) is 5.65 Å². The fraction of sp³-hybridized carbons (Fsp3) is 0.269. The van der Waals surface area contributed by atoms with Gasteiger partial charge in [0.2, 0.25) is 0 Å². The molecule has 2 aromatic carbocycles. The second-order valence-electron chi connectivity index (χ2n) is 9.00. The number of carbonyl (C=O) groups is 1. The van der Waals surface area contributed by atoms with Gasteiger partial charge in [-0.2, -0.15) is 0 Å². The molecule has 2 aromatic heterocycles. The number of likely N-dealkylation sites (N-methyl/N-ethyl adjacent to an activating group) is 1. The Kier molecular flexibility index (Phi) is 5.13. The van der Waals surface area contributed by atoms with Gasteiger partial charge in [-0.05, 0) is 66.9 Å². The number of aromatic nitrogens is 3. The number of phenols is 1. The molecule has 0 unspecified atom stereocenters. The van der Waals surface area contributed by atoms with Crippen LogP contribution in [0.15, 0.2) is 42.7 Å². The Morgan fingerprint density at radius 1 is 1.18 bits per heavy atom. The summed E-state index contributed by atoms with van der Waals surface area (Å²) in [5.74, 6) is -0.299. The molecule has 0 atom stereocenters. The number of nitrogens with zero attached hydrogens (tertiary/aromatic N) is 4. The van der Waals surface area contributed by atoms with Gasteiger partial charge in [-0.15, -0.1) is 0 Å². The maximum atomic E-state index is 12.3. The van der Waals surface area contributed by atoms with Crippen LogP contribution in [0.4, 0.5) is 0 Å². The lowest BCUT2D eigenvalue weighted by molar-refractivity contribution is 0.0824. The molecule has 1 aliphatic rings. The van der Waals surface area contributed by atoms with E-state index in [0.717, 1.165) is 47.4 Å². The van der Waals surface area contributed by atoms with Crippen LogP contribution in [-0.2, 0) is 13.0 Å². The van der Waals surface area contributed by atoms with Gasteiger partial charge in [0.25, 0.3) is 5.91 Å². The zero-order valence-corrected chi connectivity index (χ0v) is 19.3. The molecule has 5 rings (SSSR count). The highest BCUT2D eigenvalue weighted by Crippen LogP contribution is 2.33. The van der Waals surface area contributed by atoms with Gasteiger partial charge in [0.1, 0.15) is 11.3 Å². The number of amides is 1. The fourth-order valence-electron chi connectivity index (χ4n) is 4.58. The van der Waals surface area contributed by atoms with Crippen molar-refractivity contribution in [3.63, 3.8) is 0 Å². The van der Waals surface area contributed by atoms with Crippen molar-refractivity contribution in [1.82, 2.24) is 24.8 Å². The number of aryl methyl sites for hydroxylation is 1. The molecular formula is C26H27N5O2. The van der Waals surface area contributed by atoms with E-state index in [1.807, 2.05) is 12.3 Å². The number of aromatic amines is 1. The van der Waals surface area contributed by atoms with Crippen LogP contribution in [0.1, 0.15) is 27.0 Å². The second kappa shape index (κ2) is 8.01. The van der Waals surface area contributed by atoms with E-state index in [1.54, 1.807) is 32.4 Å². The number of aromatic hydroxyl groups is 1. The monoisotopic (exact) mass is 441 g/mol. The van der Waals surface area contributed by atoms with Crippen LogP contribution in [-0.4, -0.2) is 63.5 Å². The quantitative estimate of drug-likeness (QED) is 0.502. The first-order chi connectivity index (χ1) is 15.8. The van der Waals surface area contributed by atoms with E-state index in [0.29, 0.717) is 5.65 Å². The molecule has 33 heavy (non-hydrogen) atoms. The highest BCUT2D eigenvalue weighted by Gasteiger charge is 2.19. The summed E-state index contributed by atoms with van der Waals surface area (Å²) in [5.41, 5.74) is 9.21. The topological polar surface area (TPSA) is 85.3 Å². The molecule has 3 heterocycles. The molecule has 0 fully saturated rings. The summed E-state index contributed by atoms with van der Waals surface area (Å²) in [4.78, 5) is 28.8. The standard InChI is InChI=1S/C26H27N5O2/c1-15-9-17(10-18-14-31(4)8-7-19(15)18)22-13-28-25-24(29-22)21(12-27-25)16-5-6-20(23(32)11-16)26(33)30(2)3/h5-6,9-13,32H,7-8,14H2,1-4H3,(H,27,28). The summed E-state index contributed by atoms with van der Waals surface area (Å²) in [6.07, 6.45) is 4.71. The Morgan fingerprint density at radius 2 is 2.00 bits per heavy atom. The molecule has 4 aromatic rings. The number of H-pyrrole nitrogens is 1. The molecule has 7 heteroatoms. The zero-order valence-electron chi connectivity index (χ0n) is 19.3. The minimum absolute atomic E-state index is 0.0564. The number of carbonyl (C=O) groups excluding carboxylic acids is 1. The Bertz CT molecular complexity index is 1390. The molecule has 0 bridgehead atoms. The first-order valence-electron chi connectivity index (χ1n) is 11.0. The molecule has 0 radical (unpaired) electrons. The number of nitrogens with one attached hydrogen (secondary N) is 1. The van der Waals surface area contributed by atoms with Crippen LogP contribution < -0.4 is 0 Å². The van der Waals surface area contributed by atoms with Gasteiger partial charge in [-0.25, -0.2) is 9.97 Å². The maximum absolute atomic E-state index is 12.3. The molecule has 2 N–H and O–H groups in total. The Labute approximate surface area is 192 Å². The molecule has 1 aliphatic heterocycles. The number of rotatable bonds is 3. The second-order valence-corrected chi connectivity index (χ2v) is 9.00. The lowest BCUT2D eigenvalue weighted by Crippen LogP contribution is -2.27. The van der Waals surface area contributed by atoms with Gasteiger partial charge in [0, 0.05) is 44.5 Å². The number of hydrogen-bond donors (Lipinski definition) is 2. The van der Waals surface area contributed by atoms with Crippen LogP contribution in [0.5, 0.6) is 5.75 Å². The van der Waals surface area contributed by atoms with Crippen LogP contribution in [0.3, 0.4) is 0 Å². The highest BCUT2D eigenvalue weighted by molar-refractivity contribution is 5.98. The Morgan fingerprint density at radius 3 is 2.76 bits per heavy atom. The van der Waals surface area contributed by atoms with Crippen molar-refractivity contribution < 1.29 is 9.90 Å². The Balaban J connectivity index is 1.57. The predicted molar refractivity (Wildman–Crippen MR) is 129 cm³/mol. The lowest BCUT2D eigenvalue weighted by atomic mass is 9.92. The van der Waals surface area contributed by atoms with Crippen molar-refractivity contribution in [3.05, 3.63) is 65.0 Å². The molecule has 0 spiro atoms. The zero-order chi connectivity index (χ0) is 23.3. The summed E-state index contributed by atoms with van der Waals surface area (Å²) < 4.78 is 0. The van der Waals surface area contributed by atoms with E-state index >= 15 is 0 Å². The third-order valence-electron chi connectivity index (χ3n) is 6.37. The lowest BCUT2D eigenvalue weighted by Gasteiger charge is -2.27. The molecular weight excluding hydrogens is 414 g/mol. The van der Waals surface area contributed by atoms with Crippen molar-refractivity contribution in [1.29, 1.82) is 0 Å². The van der Waals surface area contributed by atoms with Gasteiger partial charge < -0.3 is 19.9 Å². The Hall–Kier alpha value is -3.71. The number of hydrogen-bond acceptors (Lipinski definition) is 5. The van der Waals surface area contributed by atoms with Gasteiger partial charge in [-0.1, -0.05) is 6.07 Å². The summed E-state index contributed by atoms with van der Waals surface area (Å²) in [5, 5.41) is 10.5. The van der Waals surface area contributed by atoms with E-state index in [-0.39, 0.29) is 17.2 Å². The van der Waals surface area contributed by atoms with Crippen molar-refractivity contribution in [3.8, 4) is 28.1 Å². The smallest absolute Gasteiger partial charge is 0.257 e. The average molecular weight is 442 g/mol. The van der Waals surface area contributed by atoms with Gasteiger partial charge in [-0.3, -0.25) is 4.79 Å². The van der Waals surface area contributed by atoms with Crippen molar-refractivity contribution in [2.75, 3.05) is 27.7 Å². The minimum atomic E-state index is -0.242. The number of phenolic OH excluding ortho intramolecular Hbond substituents is 1. The first kappa shape index (κ1) is 21.2.